The van der Waals surface area contributed by atoms with Crippen LogP contribution in [0.3, 0.4) is 0 Å². The third-order valence-electron chi connectivity index (χ3n) is 2.58. The summed E-state index contributed by atoms with van der Waals surface area (Å²) < 4.78 is 14.2. The quantitative estimate of drug-likeness (QED) is 0.710. The maximum atomic E-state index is 5.71. The Labute approximate surface area is 70.9 Å². The monoisotopic (exact) mass is 231 g/mol. The summed E-state index contributed by atoms with van der Waals surface area (Å²) in [5.41, 5.74) is 0. The van der Waals surface area contributed by atoms with E-state index in [1.807, 2.05) is 7.11 Å². The van der Waals surface area contributed by atoms with Gasteiger partial charge in [0.15, 0.2) is 0 Å². The standard InChI is InChI=1S/C5H5.CH3O.3CH3.Zr/c1-2-4-5-3-1;1-2;;;;/h1-3H,4H2;1H3;3*1H3;/q;-1;;;;+1. The van der Waals surface area contributed by atoms with Crippen molar-refractivity contribution in [3.63, 3.8) is 0 Å². The van der Waals surface area contributed by atoms with Crippen molar-refractivity contribution in [2.45, 2.75) is 20.3 Å². The van der Waals surface area contributed by atoms with Gasteiger partial charge in [-0.1, -0.05) is 0 Å². The first-order valence-corrected chi connectivity index (χ1v) is 13.7. The van der Waals surface area contributed by atoms with E-state index in [4.69, 9.17) is 2.81 Å². The molecule has 0 amide bonds. The zero-order valence-corrected chi connectivity index (χ0v) is 10.3. The van der Waals surface area contributed by atoms with E-state index in [-0.39, 0.29) is 0 Å². The average molecular weight is 232 g/mol. The van der Waals surface area contributed by atoms with Crippen molar-refractivity contribution in [1.82, 2.24) is 0 Å². The normalized spacial score (nSPS) is 21.1. The summed E-state index contributed by atoms with van der Waals surface area (Å²) >= 11 is -2.76. The van der Waals surface area contributed by atoms with Crippen LogP contribution in [-0.2, 0) is 22.0 Å². The zero-order valence-electron chi connectivity index (χ0n) is 7.85. The van der Waals surface area contributed by atoms with Crippen LogP contribution < -0.4 is 0 Å². The molecule has 0 N–H and O–H groups in total. The summed E-state index contributed by atoms with van der Waals surface area (Å²) in [5, 5.41) is 0. The van der Waals surface area contributed by atoms with E-state index in [0.717, 1.165) is 6.42 Å². The van der Waals surface area contributed by atoms with Crippen LogP contribution in [0.15, 0.2) is 21.5 Å². The molecule has 0 spiro atoms. The van der Waals surface area contributed by atoms with Gasteiger partial charge in [0.05, 0.1) is 0 Å². The molecule has 1 rings (SSSR count). The van der Waals surface area contributed by atoms with Crippen molar-refractivity contribution in [2.24, 2.45) is 0 Å². The van der Waals surface area contributed by atoms with Crippen molar-refractivity contribution in [2.75, 3.05) is 7.11 Å². The third-order valence-corrected chi connectivity index (χ3v) is 12.4. The van der Waals surface area contributed by atoms with Gasteiger partial charge in [0.2, 0.25) is 0 Å². The van der Waals surface area contributed by atoms with Crippen molar-refractivity contribution in [1.29, 1.82) is 0 Å². The Balaban J connectivity index is 2.89. The number of hydrogen-bond acceptors (Lipinski definition) is 1. The molecule has 0 aromatic heterocycles. The molecule has 0 heterocycles. The molecule has 11 heavy (non-hydrogen) atoms. The fraction of sp³-hybridized carbons (Fsp3) is 0.556. The predicted octanol–water partition coefficient (Wildman–Crippen LogP) is 3.23. The Hall–Kier alpha value is 0.323. The van der Waals surface area contributed by atoms with Gasteiger partial charge in [-0.3, -0.25) is 0 Å². The molecular formula is C9H17OZr. The van der Waals surface area contributed by atoms with E-state index in [1.165, 1.54) is 0 Å². The molecule has 0 radical (unpaired) electrons. The van der Waals surface area contributed by atoms with Gasteiger partial charge in [-0.2, -0.15) is 0 Å². The minimum absolute atomic E-state index is 1.11. The van der Waals surface area contributed by atoms with E-state index >= 15 is 0 Å². The number of hydrogen-bond donors (Lipinski definition) is 0. The third kappa shape index (κ3) is 1.92. The molecule has 2 heteroatoms. The summed E-state index contributed by atoms with van der Waals surface area (Å²) in [4.78, 5) is 0. The van der Waals surface area contributed by atoms with Crippen LogP contribution in [0, 0.1) is 0 Å². The minimum atomic E-state index is -2.76. The fourth-order valence-corrected chi connectivity index (χ4v) is 5.49. The SMILES string of the molecule is C[O][Zr]([CH3])([CH3])([CH3])[C]1=CC=CC1. The van der Waals surface area contributed by atoms with Crippen molar-refractivity contribution >= 4 is 0 Å². The molecule has 1 nitrogen and oxygen atoms in total. The van der Waals surface area contributed by atoms with Crippen molar-refractivity contribution in [3.8, 4) is 0 Å². The van der Waals surface area contributed by atoms with E-state index < -0.39 is 19.2 Å². The molecule has 63 valence electrons. The molecule has 0 saturated heterocycles. The van der Waals surface area contributed by atoms with Gasteiger partial charge in [-0.05, 0) is 0 Å². The molecule has 0 unspecified atom stereocenters. The Kier molecular flexibility index (Phi) is 2.29. The first kappa shape index (κ1) is 9.41. The van der Waals surface area contributed by atoms with Crippen LogP contribution in [-0.4, -0.2) is 7.11 Å². The topological polar surface area (TPSA) is 9.23 Å². The van der Waals surface area contributed by atoms with Gasteiger partial charge in [0.1, 0.15) is 0 Å². The molecular weight excluding hydrogens is 215 g/mol. The summed E-state index contributed by atoms with van der Waals surface area (Å²) in [5.74, 6) is 0. The summed E-state index contributed by atoms with van der Waals surface area (Å²) in [6.07, 6.45) is 7.69. The number of rotatable bonds is 2. The van der Waals surface area contributed by atoms with Crippen molar-refractivity contribution in [3.05, 3.63) is 21.5 Å². The van der Waals surface area contributed by atoms with Crippen molar-refractivity contribution < 1.29 is 22.0 Å². The maximum absolute atomic E-state index is 5.71. The summed E-state index contributed by atoms with van der Waals surface area (Å²) in [7, 11) is 1.85. The van der Waals surface area contributed by atoms with Crippen LogP contribution in [0.2, 0.25) is 13.9 Å². The van der Waals surface area contributed by atoms with E-state index in [2.05, 4.69) is 32.1 Å². The van der Waals surface area contributed by atoms with Crippen LogP contribution in [0.1, 0.15) is 6.42 Å². The van der Waals surface area contributed by atoms with Gasteiger partial charge in [-0.15, -0.1) is 0 Å². The Morgan fingerprint density at radius 3 is 2.36 bits per heavy atom. The van der Waals surface area contributed by atoms with E-state index in [1.54, 1.807) is 3.28 Å². The number of allylic oxidation sites excluding steroid dienone is 4. The molecule has 0 aromatic carbocycles. The average Bonchev–Trinajstić information content (AvgIpc) is 2.38. The van der Waals surface area contributed by atoms with Gasteiger partial charge in [-0.25, -0.2) is 0 Å². The molecule has 0 atom stereocenters. The Bertz CT molecular complexity index is 217. The fourth-order valence-electron chi connectivity index (χ4n) is 1.21. The van der Waals surface area contributed by atoms with E-state index in [0.29, 0.717) is 0 Å². The molecule has 1 aliphatic carbocycles. The molecule has 0 aromatic rings. The summed E-state index contributed by atoms with van der Waals surface area (Å²) in [6, 6.07) is 0. The Morgan fingerprint density at radius 1 is 1.36 bits per heavy atom. The second-order valence-corrected chi connectivity index (χ2v) is 21.6. The second kappa shape index (κ2) is 2.67. The molecule has 1 aliphatic rings. The molecule has 0 aliphatic heterocycles. The zero-order chi connectivity index (χ0) is 8.56. The van der Waals surface area contributed by atoms with Crippen LogP contribution in [0.5, 0.6) is 0 Å². The van der Waals surface area contributed by atoms with E-state index in [9.17, 15) is 0 Å². The van der Waals surface area contributed by atoms with Gasteiger partial charge >= 0.3 is 71.0 Å². The predicted molar refractivity (Wildman–Crippen MR) is 46.4 cm³/mol. The summed E-state index contributed by atoms with van der Waals surface area (Å²) in [6.45, 7) is 0. The molecule has 0 fully saturated rings. The van der Waals surface area contributed by atoms with Crippen LogP contribution in [0.25, 0.3) is 0 Å². The first-order valence-electron chi connectivity index (χ1n) is 4.08. The van der Waals surface area contributed by atoms with Gasteiger partial charge in [0.25, 0.3) is 0 Å². The second-order valence-electron chi connectivity index (χ2n) is 4.49. The molecule has 0 saturated carbocycles. The van der Waals surface area contributed by atoms with Crippen LogP contribution in [0.4, 0.5) is 0 Å². The van der Waals surface area contributed by atoms with Gasteiger partial charge in [0, 0.05) is 0 Å². The first-order chi connectivity index (χ1) is 4.94. The van der Waals surface area contributed by atoms with Crippen LogP contribution >= 0.6 is 0 Å². The Morgan fingerprint density at radius 2 is 2.00 bits per heavy atom. The van der Waals surface area contributed by atoms with Gasteiger partial charge < -0.3 is 0 Å². The molecule has 0 bridgehead atoms.